The number of ether oxygens (including phenoxy) is 1. The fourth-order valence-corrected chi connectivity index (χ4v) is 6.07. The van der Waals surface area contributed by atoms with Crippen molar-refractivity contribution in [3.05, 3.63) is 77.9 Å². The summed E-state index contributed by atoms with van der Waals surface area (Å²) in [6, 6.07) is 22.1. The zero-order valence-electron chi connectivity index (χ0n) is 19.9. The third kappa shape index (κ3) is 4.45. The summed E-state index contributed by atoms with van der Waals surface area (Å²) >= 11 is 0. The summed E-state index contributed by atoms with van der Waals surface area (Å²) in [7, 11) is 2.19. The van der Waals surface area contributed by atoms with Gasteiger partial charge in [-0.05, 0) is 85.8 Å². The molecule has 1 aliphatic heterocycles. The standard InChI is InChI=1S/C29H32N2O3/c1-20(32)34-27-9-5-8-24(17-27)29-14-15-31(2)19-25(29)12-13-26(18-29)30-28(33)23-11-10-21-6-3-4-7-22(21)16-23/h3-11,16-17,25-26H,12-15,18-19H2,1-2H3,(H,30,33). The van der Waals surface area contributed by atoms with Crippen molar-refractivity contribution in [1.82, 2.24) is 10.2 Å². The lowest BCUT2D eigenvalue weighted by Crippen LogP contribution is -2.55. The van der Waals surface area contributed by atoms with E-state index < -0.39 is 0 Å². The van der Waals surface area contributed by atoms with E-state index >= 15 is 0 Å². The average Bonchev–Trinajstić information content (AvgIpc) is 2.83. The molecule has 0 bridgehead atoms. The Balaban J connectivity index is 1.40. The zero-order chi connectivity index (χ0) is 23.7. The number of likely N-dealkylation sites (tertiary alicyclic amines) is 1. The van der Waals surface area contributed by atoms with E-state index in [1.807, 2.05) is 54.6 Å². The molecular weight excluding hydrogens is 424 g/mol. The minimum absolute atomic E-state index is 0.00838. The Hall–Kier alpha value is -3.18. The molecule has 5 rings (SSSR count). The van der Waals surface area contributed by atoms with Crippen LogP contribution < -0.4 is 10.1 Å². The first kappa shape index (κ1) is 22.6. The van der Waals surface area contributed by atoms with Crippen molar-refractivity contribution < 1.29 is 14.3 Å². The van der Waals surface area contributed by atoms with Crippen molar-refractivity contribution in [3.63, 3.8) is 0 Å². The fraction of sp³-hybridized carbons (Fsp3) is 0.379. The molecule has 3 unspecified atom stereocenters. The average molecular weight is 457 g/mol. The molecule has 0 aromatic heterocycles. The topological polar surface area (TPSA) is 58.6 Å². The molecule has 1 saturated carbocycles. The highest BCUT2D eigenvalue weighted by atomic mass is 16.5. The summed E-state index contributed by atoms with van der Waals surface area (Å²) in [4.78, 5) is 27.2. The number of nitrogens with zero attached hydrogens (tertiary/aromatic N) is 1. The molecule has 5 nitrogen and oxygen atoms in total. The van der Waals surface area contributed by atoms with Gasteiger partial charge in [0.05, 0.1) is 0 Å². The van der Waals surface area contributed by atoms with Gasteiger partial charge in [-0.15, -0.1) is 0 Å². The summed E-state index contributed by atoms with van der Waals surface area (Å²) in [5, 5.41) is 5.56. The molecule has 1 N–H and O–H groups in total. The molecule has 34 heavy (non-hydrogen) atoms. The first-order valence-electron chi connectivity index (χ1n) is 12.2. The molecule has 2 aliphatic rings. The molecule has 176 valence electrons. The lowest BCUT2D eigenvalue weighted by atomic mass is 9.58. The minimum atomic E-state index is -0.307. The van der Waals surface area contributed by atoms with Gasteiger partial charge in [0.25, 0.3) is 5.91 Å². The number of rotatable bonds is 4. The van der Waals surface area contributed by atoms with Gasteiger partial charge in [0.1, 0.15) is 5.75 Å². The van der Waals surface area contributed by atoms with Gasteiger partial charge in [0, 0.05) is 30.5 Å². The van der Waals surface area contributed by atoms with E-state index in [1.54, 1.807) is 0 Å². The number of nitrogens with one attached hydrogen (secondary N) is 1. The van der Waals surface area contributed by atoms with Crippen LogP contribution in [0.25, 0.3) is 10.8 Å². The Morgan fingerprint density at radius 2 is 1.82 bits per heavy atom. The second kappa shape index (κ2) is 9.22. The molecule has 2 fully saturated rings. The predicted molar refractivity (Wildman–Crippen MR) is 134 cm³/mol. The molecule has 1 amide bonds. The number of hydrogen-bond acceptors (Lipinski definition) is 4. The Kier molecular flexibility index (Phi) is 6.13. The SMILES string of the molecule is CC(=O)Oc1cccc(C23CCN(C)CC2CCC(NC(=O)c2ccc4ccccc4c2)C3)c1. The van der Waals surface area contributed by atoms with E-state index in [0.717, 1.165) is 49.5 Å². The highest BCUT2D eigenvalue weighted by Crippen LogP contribution is 2.49. The Bertz CT molecular complexity index is 1220. The lowest BCUT2D eigenvalue weighted by Gasteiger charge is -2.52. The molecule has 1 heterocycles. The monoisotopic (exact) mass is 456 g/mol. The van der Waals surface area contributed by atoms with E-state index in [4.69, 9.17) is 4.74 Å². The number of esters is 1. The first-order chi connectivity index (χ1) is 16.4. The minimum Gasteiger partial charge on any atom is -0.427 e. The largest absolute Gasteiger partial charge is 0.427 e. The van der Waals surface area contributed by atoms with Crippen LogP contribution in [-0.2, 0) is 10.2 Å². The van der Waals surface area contributed by atoms with Crippen molar-refractivity contribution in [2.24, 2.45) is 5.92 Å². The van der Waals surface area contributed by atoms with Gasteiger partial charge in [-0.3, -0.25) is 9.59 Å². The Morgan fingerprint density at radius 1 is 1.00 bits per heavy atom. The number of benzene rings is 3. The number of carbonyl (C=O) groups is 2. The van der Waals surface area contributed by atoms with Crippen LogP contribution in [-0.4, -0.2) is 43.0 Å². The van der Waals surface area contributed by atoms with Crippen molar-refractivity contribution in [1.29, 1.82) is 0 Å². The van der Waals surface area contributed by atoms with Gasteiger partial charge in [-0.1, -0.05) is 42.5 Å². The van der Waals surface area contributed by atoms with Crippen LogP contribution in [0, 0.1) is 5.92 Å². The third-order valence-electron chi connectivity index (χ3n) is 7.74. The molecular formula is C29H32N2O3. The van der Waals surface area contributed by atoms with Crippen LogP contribution in [0.3, 0.4) is 0 Å². The second-order valence-electron chi connectivity index (χ2n) is 10.0. The van der Waals surface area contributed by atoms with Crippen molar-refractivity contribution >= 4 is 22.6 Å². The van der Waals surface area contributed by atoms with Gasteiger partial charge in [0.15, 0.2) is 0 Å². The van der Waals surface area contributed by atoms with E-state index in [0.29, 0.717) is 17.2 Å². The Labute approximate surface area is 201 Å². The van der Waals surface area contributed by atoms with E-state index in [1.165, 1.54) is 12.5 Å². The van der Waals surface area contributed by atoms with Crippen LogP contribution in [0.5, 0.6) is 5.75 Å². The molecule has 5 heteroatoms. The highest BCUT2D eigenvalue weighted by Gasteiger charge is 2.48. The number of carbonyl (C=O) groups excluding carboxylic acids is 2. The molecule has 3 aromatic carbocycles. The molecule has 1 aliphatic carbocycles. The van der Waals surface area contributed by atoms with Crippen LogP contribution in [0.15, 0.2) is 66.7 Å². The van der Waals surface area contributed by atoms with Gasteiger partial charge in [0.2, 0.25) is 0 Å². The summed E-state index contributed by atoms with van der Waals surface area (Å²) in [5.74, 6) is 0.789. The number of piperidine rings is 1. The molecule has 3 aromatic rings. The maximum Gasteiger partial charge on any atom is 0.308 e. The van der Waals surface area contributed by atoms with Crippen molar-refractivity contribution in [2.45, 2.75) is 44.1 Å². The lowest BCUT2D eigenvalue weighted by molar-refractivity contribution is -0.131. The number of amides is 1. The number of hydrogen-bond donors (Lipinski definition) is 1. The number of fused-ring (bicyclic) bond motifs is 2. The first-order valence-corrected chi connectivity index (χ1v) is 12.2. The Morgan fingerprint density at radius 3 is 2.65 bits per heavy atom. The quantitative estimate of drug-likeness (QED) is 0.446. The van der Waals surface area contributed by atoms with E-state index in [2.05, 4.69) is 29.4 Å². The van der Waals surface area contributed by atoms with Crippen LogP contribution >= 0.6 is 0 Å². The van der Waals surface area contributed by atoms with Crippen LogP contribution in [0.1, 0.15) is 48.5 Å². The normalized spacial score (nSPS) is 24.9. The van der Waals surface area contributed by atoms with Crippen LogP contribution in [0.4, 0.5) is 0 Å². The van der Waals surface area contributed by atoms with E-state index in [-0.39, 0.29) is 23.3 Å². The van der Waals surface area contributed by atoms with E-state index in [9.17, 15) is 9.59 Å². The maximum absolute atomic E-state index is 13.2. The maximum atomic E-state index is 13.2. The fourth-order valence-electron chi connectivity index (χ4n) is 6.07. The molecule has 0 radical (unpaired) electrons. The summed E-state index contributed by atoms with van der Waals surface area (Å²) in [6.45, 7) is 3.49. The van der Waals surface area contributed by atoms with Gasteiger partial charge >= 0.3 is 5.97 Å². The third-order valence-corrected chi connectivity index (χ3v) is 7.74. The molecule has 1 saturated heterocycles. The van der Waals surface area contributed by atoms with Gasteiger partial charge < -0.3 is 15.0 Å². The highest BCUT2D eigenvalue weighted by molar-refractivity contribution is 5.98. The predicted octanol–water partition coefficient (Wildman–Crippen LogP) is 4.94. The van der Waals surface area contributed by atoms with Gasteiger partial charge in [-0.2, -0.15) is 0 Å². The molecule has 3 atom stereocenters. The van der Waals surface area contributed by atoms with Gasteiger partial charge in [-0.25, -0.2) is 0 Å². The summed E-state index contributed by atoms with van der Waals surface area (Å²) in [6.07, 6.45) is 3.96. The molecule has 0 spiro atoms. The van der Waals surface area contributed by atoms with Crippen molar-refractivity contribution in [3.8, 4) is 5.75 Å². The smallest absolute Gasteiger partial charge is 0.308 e. The summed E-state index contributed by atoms with van der Waals surface area (Å²) in [5.41, 5.74) is 1.88. The second-order valence-corrected chi connectivity index (χ2v) is 10.0. The zero-order valence-corrected chi connectivity index (χ0v) is 19.9. The van der Waals surface area contributed by atoms with Crippen LogP contribution in [0.2, 0.25) is 0 Å². The summed E-state index contributed by atoms with van der Waals surface area (Å²) < 4.78 is 5.41. The van der Waals surface area contributed by atoms with Crippen molar-refractivity contribution in [2.75, 3.05) is 20.1 Å².